The maximum atomic E-state index is 14.3. The van der Waals surface area contributed by atoms with Gasteiger partial charge in [0.15, 0.2) is 17.7 Å². The molecule has 1 N–H and O–H groups in total. The number of aromatic nitrogens is 1. The molecular weight excluding hydrogens is 323 g/mol. The molecule has 0 fully saturated rings. The topological polar surface area (TPSA) is 68.3 Å². The Morgan fingerprint density at radius 1 is 1.48 bits per heavy atom. The van der Waals surface area contributed by atoms with Crippen molar-refractivity contribution >= 4 is 23.1 Å². The molecule has 0 aliphatic heterocycles. The lowest BCUT2D eigenvalue weighted by Crippen LogP contribution is -2.50. The Morgan fingerprint density at radius 3 is 2.80 bits per heavy atom. The number of terminal acetylenes is 1. The summed E-state index contributed by atoms with van der Waals surface area (Å²) in [5, 5.41) is 3.17. The number of fused-ring (bicyclic) bond motifs is 1. The summed E-state index contributed by atoms with van der Waals surface area (Å²) in [5.41, 5.74) is -0.0347. The number of rotatable bonds is 6. The average Bonchev–Trinajstić information content (AvgIpc) is 2.58. The minimum Gasteiger partial charge on any atom is -0.478 e. The molecule has 6 heteroatoms. The van der Waals surface area contributed by atoms with E-state index in [0.29, 0.717) is 29.2 Å². The van der Waals surface area contributed by atoms with Crippen LogP contribution in [0.25, 0.3) is 10.9 Å². The third-order valence-electron chi connectivity index (χ3n) is 3.57. The van der Waals surface area contributed by atoms with Crippen LogP contribution in [0.5, 0.6) is 5.75 Å². The van der Waals surface area contributed by atoms with Crippen LogP contribution in [0.2, 0.25) is 0 Å². The molecule has 0 radical (unpaired) electrons. The molecule has 2 rings (SSSR count). The molecule has 1 aromatic heterocycles. The molecule has 1 heterocycles. The lowest BCUT2D eigenvalue weighted by Gasteiger charge is -2.24. The molecule has 1 aromatic carbocycles. The first-order chi connectivity index (χ1) is 11.8. The highest BCUT2D eigenvalue weighted by molar-refractivity contribution is 5.85. The molecule has 0 aliphatic carbocycles. The van der Waals surface area contributed by atoms with Crippen molar-refractivity contribution in [3.8, 4) is 18.1 Å². The van der Waals surface area contributed by atoms with Gasteiger partial charge in [0, 0.05) is 23.2 Å². The second kappa shape index (κ2) is 7.31. The highest BCUT2D eigenvalue weighted by Gasteiger charge is 2.26. The van der Waals surface area contributed by atoms with Crippen LogP contribution in [0.4, 0.5) is 4.39 Å². The van der Waals surface area contributed by atoms with E-state index in [4.69, 9.17) is 11.2 Å². The van der Waals surface area contributed by atoms with Crippen LogP contribution in [-0.2, 0) is 9.59 Å². The fourth-order valence-electron chi connectivity index (χ4n) is 2.20. The molecule has 0 spiro atoms. The highest BCUT2D eigenvalue weighted by Crippen LogP contribution is 2.25. The molecule has 1 amide bonds. The summed E-state index contributed by atoms with van der Waals surface area (Å²) in [5.74, 6) is 1.27. The second-order valence-electron chi connectivity index (χ2n) is 6.19. The lowest BCUT2D eigenvalue weighted by atomic mass is 10.1. The van der Waals surface area contributed by atoms with Crippen molar-refractivity contribution < 1.29 is 18.7 Å². The lowest BCUT2D eigenvalue weighted by molar-refractivity contribution is -0.132. The van der Waals surface area contributed by atoms with Gasteiger partial charge in [0.25, 0.3) is 5.91 Å². The van der Waals surface area contributed by atoms with E-state index in [0.717, 1.165) is 0 Å². The van der Waals surface area contributed by atoms with Gasteiger partial charge in [0.1, 0.15) is 6.29 Å². The van der Waals surface area contributed by atoms with E-state index >= 15 is 0 Å². The summed E-state index contributed by atoms with van der Waals surface area (Å²) >= 11 is 0. The van der Waals surface area contributed by atoms with Crippen molar-refractivity contribution in [1.82, 2.24) is 10.3 Å². The van der Waals surface area contributed by atoms with Crippen LogP contribution in [-0.4, -0.2) is 28.8 Å². The quantitative estimate of drug-likeness (QED) is 0.647. The van der Waals surface area contributed by atoms with Crippen molar-refractivity contribution in [2.75, 3.05) is 0 Å². The van der Waals surface area contributed by atoms with Gasteiger partial charge in [-0.2, -0.15) is 0 Å². The number of ether oxygens (including phenoxy) is 1. The number of carbonyl (C=O) groups is 2. The number of nitrogens with zero attached hydrogens (tertiary/aromatic N) is 1. The zero-order valence-electron chi connectivity index (χ0n) is 14.3. The van der Waals surface area contributed by atoms with Gasteiger partial charge in [-0.15, -0.1) is 6.42 Å². The number of carbonyl (C=O) groups excluding carboxylic acids is 2. The van der Waals surface area contributed by atoms with Gasteiger partial charge in [-0.1, -0.05) is 12.8 Å². The first kappa shape index (κ1) is 18.4. The number of halogens is 1. The molecule has 2 aromatic rings. The van der Waals surface area contributed by atoms with E-state index in [1.54, 1.807) is 26.8 Å². The largest absolute Gasteiger partial charge is 0.478 e. The van der Waals surface area contributed by atoms with E-state index in [-0.39, 0.29) is 5.75 Å². The number of hydrogen-bond donors (Lipinski definition) is 1. The van der Waals surface area contributed by atoms with Crippen LogP contribution >= 0.6 is 0 Å². The number of aldehydes is 1. The Bertz CT molecular complexity index is 856. The van der Waals surface area contributed by atoms with Gasteiger partial charge in [0.05, 0.1) is 11.1 Å². The minimum absolute atomic E-state index is 0.0746. The van der Waals surface area contributed by atoms with Crippen LogP contribution in [0, 0.1) is 18.2 Å². The molecular formula is C19H19FN2O3. The Labute approximate surface area is 145 Å². The van der Waals surface area contributed by atoms with E-state index in [9.17, 15) is 14.0 Å². The molecule has 5 nitrogen and oxygen atoms in total. The molecule has 0 saturated heterocycles. The maximum Gasteiger partial charge on any atom is 0.261 e. The number of amides is 1. The minimum atomic E-state index is -1.03. The second-order valence-corrected chi connectivity index (χ2v) is 6.19. The van der Waals surface area contributed by atoms with Crippen LogP contribution in [0.3, 0.4) is 0 Å². The first-order valence-corrected chi connectivity index (χ1v) is 7.80. The van der Waals surface area contributed by atoms with Gasteiger partial charge in [-0.05, 0) is 32.4 Å². The predicted octanol–water partition coefficient (Wildman–Crippen LogP) is 2.61. The predicted molar refractivity (Wildman–Crippen MR) is 92.6 cm³/mol. The molecule has 1 unspecified atom stereocenters. The molecule has 130 valence electrons. The number of benzene rings is 1. The summed E-state index contributed by atoms with van der Waals surface area (Å²) in [6.45, 7) is 4.86. The Kier molecular flexibility index (Phi) is 5.38. The van der Waals surface area contributed by atoms with Crippen LogP contribution < -0.4 is 10.1 Å². The monoisotopic (exact) mass is 342 g/mol. The Balaban J connectivity index is 2.30. The van der Waals surface area contributed by atoms with Gasteiger partial charge in [-0.3, -0.25) is 9.78 Å². The fourth-order valence-corrected chi connectivity index (χ4v) is 2.20. The fraction of sp³-hybridized carbons (Fsp3) is 0.316. The molecule has 25 heavy (non-hydrogen) atoms. The van der Waals surface area contributed by atoms with Gasteiger partial charge in [-0.25, -0.2) is 4.39 Å². The molecule has 0 aliphatic rings. The highest BCUT2D eigenvalue weighted by atomic mass is 19.1. The molecule has 0 bridgehead atoms. The average molecular weight is 342 g/mol. The first-order valence-electron chi connectivity index (χ1n) is 7.80. The zero-order chi connectivity index (χ0) is 18.6. The molecule has 1 atom stereocenters. The van der Waals surface area contributed by atoms with Crippen molar-refractivity contribution in [1.29, 1.82) is 0 Å². The third-order valence-corrected chi connectivity index (χ3v) is 3.57. The summed E-state index contributed by atoms with van der Waals surface area (Å²) in [7, 11) is 0. The summed E-state index contributed by atoms with van der Waals surface area (Å²) < 4.78 is 19.8. The van der Waals surface area contributed by atoms with Gasteiger partial charge in [0.2, 0.25) is 0 Å². The standard InChI is InChI=1S/C19H19FN2O3/c1-5-12-7-13-8-17(14(20)9-15(13)21-10-12)25-16(6-2)18(24)22-19(3,4)11-23/h1,7-11,16H,6H2,2-4H3,(H,22,24). The van der Waals surface area contributed by atoms with Crippen molar-refractivity contribution in [2.45, 2.75) is 38.8 Å². The van der Waals surface area contributed by atoms with Crippen molar-refractivity contribution in [2.24, 2.45) is 0 Å². The van der Waals surface area contributed by atoms with Crippen LogP contribution in [0.1, 0.15) is 32.8 Å². The summed E-state index contributed by atoms with van der Waals surface area (Å²) in [6.07, 6.45) is 6.82. The van der Waals surface area contributed by atoms with E-state index in [2.05, 4.69) is 16.2 Å². The van der Waals surface area contributed by atoms with Crippen molar-refractivity contribution in [3.63, 3.8) is 0 Å². The number of nitrogens with one attached hydrogen (secondary N) is 1. The summed E-state index contributed by atoms with van der Waals surface area (Å²) in [6, 6.07) is 4.37. The zero-order valence-corrected chi connectivity index (χ0v) is 14.3. The number of hydrogen-bond acceptors (Lipinski definition) is 4. The molecule has 0 saturated carbocycles. The van der Waals surface area contributed by atoms with E-state index < -0.39 is 23.4 Å². The van der Waals surface area contributed by atoms with Crippen molar-refractivity contribution in [3.05, 3.63) is 35.8 Å². The SMILES string of the molecule is C#Cc1cnc2cc(F)c(OC(CC)C(=O)NC(C)(C)C=O)cc2c1. The van der Waals surface area contributed by atoms with Gasteiger partial charge >= 0.3 is 0 Å². The van der Waals surface area contributed by atoms with E-state index in [1.165, 1.54) is 18.3 Å². The third kappa shape index (κ3) is 4.32. The summed E-state index contributed by atoms with van der Waals surface area (Å²) in [4.78, 5) is 27.3. The number of pyridine rings is 1. The normalized spacial score (nSPS) is 12.3. The maximum absolute atomic E-state index is 14.3. The smallest absolute Gasteiger partial charge is 0.261 e. The Hall–Kier alpha value is -2.94. The van der Waals surface area contributed by atoms with Gasteiger partial charge < -0.3 is 14.8 Å². The Morgan fingerprint density at radius 2 is 2.20 bits per heavy atom. The van der Waals surface area contributed by atoms with E-state index in [1.807, 2.05) is 0 Å². The van der Waals surface area contributed by atoms with Crippen LogP contribution in [0.15, 0.2) is 24.4 Å².